The van der Waals surface area contributed by atoms with Gasteiger partial charge in [0, 0.05) is 0 Å². The third kappa shape index (κ3) is 2.60. The second-order valence-corrected chi connectivity index (χ2v) is 16.1. The van der Waals surface area contributed by atoms with Gasteiger partial charge >= 0.3 is 0 Å². The van der Waals surface area contributed by atoms with Crippen LogP contribution in [0.4, 0.5) is 0 Å². The lowest BCUT2D eigenvalue weighted by molar-refractivity contribution is 0.746. The minimum Gasteiger partial charge on any atom is -0.346 e. The normalized spacial score (nSPS) is 36.5. The van der Waals surface area contributed by atoms with Crippen LogP contribution in [0.2, 0.25) is 19.6 Å². The van der Waals surface area contributed by atoms with Gasteiger partial charge in [0.1, 0.15) is 0 Å². The van der Waals surface area contributed by atoms with Crippen molar-refractivity contribution < 1.29 is 0 Å². The van der Waals surface area contributed by atoms with E-state index in [1.54, 1.807) is 0 Å². The standard InChI is InChI=1S/C4H20N4Si4/c1-8-11(2)6-9-5-10-7-12(8,3)4/h5-7,11H,9-10H2,1-4H3. The molecule has 0 radical (unpaired) electrons. The molecule has 1 aliphatic heterocycles. The van der Waals surface area contributed by atoms with Crippen molar-refractivity contribution in [3.05, 3.63) is 0 Å². The SMILES string of the molecule is CN1[SiH](C)N[SiH2]N[SiH2]N[Si]1(C)C. The summed E-state index contributed by atoms with van der Waals surface area (Å²) in [5.74, 6) is 0. The lowest BCUT2D eigenvalue weighted by Gasteiger charge is -2.40. The summed E-state index contributed by atoms with van der Waals surface area (Å²) in [6.07, 6.45) is 0. The number of nitrogens with one attached hydrogen (secondary N) is 3. The van der Waals surface area contributed by atoms with Crippen LogP contribution in [0.5, 0.6) is 0 Å². The van der Waals surface area contributed by atoms with Crippen LogP contribution < -0.4 is 13.9 Å². The fraction of sp³-hybridized carbons (Fsp3) is 1.00. The smallest absolute Gasteiger partial charge is 0.185 e. The number of hydrogen-bond donors (Lipinski definition) is 3. The van der Waals surface area contributed by atoms with E-state index in [1.807, 2.05) is 0 Å². The highest BCUT2D eigenvalue weighted by atomic mass is 28.4. The molecule has 0 amide bonds. The molecular formula is C4H20N4Si4. The van der Waals surface area contributed by atoms with Crippen LogP contribution in [0.25, 0.3) is 0 Å². The highest BCUT2D eigenvalue weighted by Crippen LogP contribution is 2.04. The van der Waals surface area contributed by atoms with E-state index in [1.165, 1.54) is 0 Å². The largest absolute Gasteiger partial charge is 0.346 e. The van der Waals surface area contributed by atoms with Gasteiger partial charge in [0.15, 0.2) is 37.2 Å². The van der Waals surface area contributed by atoms with Crippen molar-refractivity contribution in [2.75, 3.05) is 7.05 Å². The first-order valence-corrected chi connectivity index (χ1v) is 12.5. The average molecular weight is 237 g/mol. The van der Waals surface area contributed by atoms with Crippen LogP contribution in [-0.4, -0.2) is 48.5 Å². The Labute approximate surface area is 82.4 Å². The second-order valence-electron chi connectivity index (χ2n) is 3.83. The molecule has 1 unspecified atom stereocenters. The van der Waals surface area contributed by atoms with Crippen LogP contribution in [0.1, 0.15) is 0 Å². The monoisotopic (exact) mass is 236 g/mol. The zero-order valence-corrected chi connectivity index (χ0v) is 13.4. The van der Waals surface area contributed by atoms with Gasteiger partial charge < -0.3 is 18.2 Å². The Kier molecular flexibility index (Phi) is 3.85. The van der Waals surface area contributed by atoms with Crippen molar-refractivity contribution in [1.82, 2.24) is 18.2 Å². The summed E-state index contributed by atoms with van der Waals surface area (Å²) in [6.45, 7) is 7.19. The molecule has 0 aromatic rings. The van der Waals surface area contributed by atoms with E-state index >= 15 is 0 Å². The van der Waals surface area contributed by atoms with Crippen LogP contribution in [0.15, 0.2) is 0 Å². The van der Waals surface area contributed by atoms with Gasteiger partial charge in [-0.2, -0.15) is 0 Å². The van der Waals surface area contributed by atoms with Crippen molar-refractivity contribution in [2.24, 2.45) is 0 Å². The highest BCUT2D eigenvalue weighted by molar-refractivity contribution is 6.87. The van der Waals surface area contributed by atoms with Crippen LogP contribution in [0, 0.1) is 0 Å². The van der Waals surface area contributed by atoms with Gasteiger partial charge in [0.05, 0.1) is 0 Å². The third-order valence-electron chi connectivity index (χ3n) is 2.63. The lowest BCUT2D eigenvalue weighted by Crippen LogP contribution is -2.71. The number of rotatable bonds is 0. The van der Waals surface area contributed by atoms with E-state index in [9.17, 15) is 0 Å². The number of nitrogens with zero attached hydrogens (tertiary/aromatic N) is 1. The summed E-state index contributed by atoms with van der Waals surface area (Å²) in [4.78, 5) is 0. The van der Waals surface area contributed by atoms with E-state index in [0.29, 0.717) is 0 Å². The van der Waals surface area contributed by atoms with Gasteiger partial charge in [-0.05, 0) is 26.7 Å². The zero-order valence-electron chi connectivity index (χ0n) is 8.44. The molecule has 4 nitrogen and oxygen atoms in total. The zero-order chi connectivity index (χ0) is 9.19. The summed E-state index contributed by atoms with van der Waals surface area (Å²) in [7, 11) is -0.0307. The maximum Gasteiger partial charge on any atom is 0.185 e. The van der Waals surface area contributed by atoms with Crippen molar-refractivity contribution >= 4 is 37.2 Å². The molecule has 72 valence electrons. The third-order valence-corrected chi connectivity index (χ3v) is 18.0. The first kappa shape index (κ1) is 10.8. The molecule has 0 saturated carbocycles. The van der Waals surface area contributed by atoms with Crippen LogP contribution in [-0.2, 0) is 0 Å². The van der Waals surface area contributed by atoms with Gasteiger partial charge in [-0.25, -0.2) is 0 Å². The summed E-state index contributed by atoms with van der Waals surface area (Å²) in [5.41, 5.74) is 0. The first-order chi connectivity index (χ1) is 5.54. The van der Waals surface area contributed by atoms with Crippen LogP contribution >= 0.6 is 0 Å². The summed E-state index contributed by atoms with van der Waals surface area (Å²) < 4.78 is 13.7. The molecule has 1 fully saturated rings. The quantitative estimate of drug-likeness (QED) is 0.399. The Bertz CT molecular complexity index is 154. The molecule has 1 heterocycles. The van der Waals surface area contributed by atoms with E-state index in [0.717, 1.165) is 0 Å². The molecule has 12 heavy (non-hydrogen) atoms. The second kappa shape index (κ2) is 4.28. The maximum absolute atomic E-state index is 3.76. The Morgan fingerprint density at radius 3 is 2.67 bits per heavy atom. The predicted octanol–water partition coefficient (Wildman–Crippen LogP) is -2.75. The Morgan fingerprint density at radius 2 is 2.00 bits per heavy atom. The van der Waals surface area contributed by atoms with Gasteiger partial charge in [0.25, 0.3) is 0 Å². The molecule has 0 bridgehead atoms. The molecule has 0 spiro atoms. The van der Waals surface area contributed by atoms with E-state index in [4.69, 9.17) is 0 Å². The van der Waals surface area contributed by atoms with E-state index < -0.39 is 17.5 Å². The molecule has 3 N–H and O–H groups in total. The Balaban J connectivity index is 2.60. The van der Waals surface area contributed by atoms with E-state index in [2.05, 4.69) is 44.9 Å². The molecule has 1 atom stereocenters. The molecule has 0 aromatic heterocycles. The average Bonchev–Trinajstić information content (AvgIpc) is 2.00. The number of hydrogen-bond acceptors (Lipinski definition) is 4. The van der Waals surface area contributed by atoms with Crippen molar-refractivity contribution in [3.63, 3.8) is 0 Å². The van der Waals surface area contributed by atoms with E-state index in [-0.39, 0.29) is 19.7 Å². The fourth-order valence-corrected chi connectivity index (χ4v) is 15.8. The van der Waals surface area contributed by atoms with Gasteiger partial charge in [-0.1, -0.05) is 0 Å². The van der Waals surface area contributed by atoms with Crippen LogP contribution in [0.3, 0.4) is 0 Å². The minimum absolute atomic E-state index is 0.135. The Hall–Kier alpha value is 0.708. The summed E-state index contributed by atoms with van der Waals surface area (Å²) in [6, 6.07) is 0. The maximum atomic E-state index is 3.76. The first-order valence-electron chi connectivity index (χ1n) is 4.46. The molecule has 1 aliphatic rings. The molecule has 0 aromatic carbocycles. The van der Waals surface area contributed by atoms with Crippen molar-refractivity contribution in [2.45, 2.75) is 19.6 Å². The molecule has 0 aliphatic carbocycles. The topological polar surface area (TPSA) is 39.3 Å². The molecule has 8 heteroatoms. The fourth-order valence-electron chi connectivity index (χ4n) is 1.31. The van der Waals surface area contributed by atoms with Crippen molar-refractivity contribution in [3.8, 4) is 0 Å². The summed E-state index contributed by atoms with van der Waals surface area (Å²) in [5, 5.41) is 0. The van der Waals surface area contributed by atoms with Gasteiger partial charge in [-0.3, -0.25) is 0 Å². The highest BCUT2D eigenvalue weighted by Gasteiger charge is 2.30. The molecule has 1 saturated heterocycles. The minimum atomic E-state index is -1.24. The summed E-state index contributed by atoms with van der Waals surface area (Å²) >= 11 is 0. The molecule has 1 rings (SSSR count). The van der Waals surface area contributed by atoms with Gasteiger partial charge in [0.2, 0.25) is 0 Å². The lowest BCUT2D eigenvalue weighted by atomic mass is 11.6. The van der Waals surface area contributed by atoms with Gasteiger partial charge in [-0.15, -0.1) is 0 Å². The molecular weight excluding hydrogens is 216 g/mol. The Morgan fingerprint density at radius 1 is 1.33 bits per heavy atom. The predicted molar refractivity (Wildman–Crippen MR) is 64.8 cm³/mol. The van der Waals surface area contributed by atoms with Crippen molar-refractivity contribution in [1.29, 1.82) is 0 Å².